The number of benzene rings is 2. The summed E-state index contributed by atoms with van der Waals surface area (Å²) >= 11 is 0. The van der Waals surface area contributed by atoms with Gasteiger partial charge in [0.25, 0.3) is 0 Å². The van der Waals surface area contributed by atoms with Crippen LogP contribution in [0.25, 0.3) is 0 Å². The maximum absolute atomic E-state index is 13.0. The Morgan fingerprint density at radius 1 is 1.03 bits per heavy atom. The van der Waals surface area contributed by atoms with E-state index in [-0.39, 0.29) is 36.2 Å². The zero-order valence-corrected chi connectivity index (χ0v) is 19.6. The molecule has 0 spiro atoms. The number of hydrogen-bond acceptors (Lipinski definition) is 3. The molecule has 168 valence electrons. The van der Waals surface area contributed by atoms with E-state index < -0.39 is 6.04 Å². The molecule has 0 fully saturated rings. The molecule has 3 rings (SSSR count). The smallest absolute Gasteiger partial charge is 0.247 e. The van der Waals surface area contributed by atoms with Crippen molar-refractivity contribution in [2.24, 2.45) is 5.92 Å². The normalized spacial score (nSPS) is 17.1. The summed E-state index contributed by atoms with van der Waals surface area (Å²) < 4.78 is 0. The molecule has 0 saturated heterocycles. The van der Waals surface area contributed by atoms with Crippen molar-refractivity contribution in [2.75, 3.05) is 5.32 Å². The average molecular weight is 444 g/mol. The fourth-order valence-electron chi connectivity index (χ4n) is 3.77. The third-order valence-electron chi connectivity index (χ3n) is 6.04. The molecule has 0 radical (unpaired) electrons. The van der Waals surface area contributed by atoms with E-state index in [9.17, 15) is 9.59 Å². The molecular formula is C25H34ClN3O2. The molecule has 3 atom stereocenters. The highest BCUT2D eigenvalue weighted by molar-refractivity contribution is 5.98. The molecule has 0 aromatic heterocycles. The molecule has 6 heteroatoms. The van der Waals surface area contributed by atoms with Crippen molar-refractivity contribution in [3.8, 4) is 0 Å². The summed E-state index contributed by atoms with van der Waals surface area (Å²) in [6.45, 7) is 8.97. The van der Waals surface area contributed by atoms with Crippen LogP contribution in [0.3, 0.4) is 0 Å². The Balaban J connectivity index is 0.00000341. The van der Waals surface area contributed by atoms with Crippen LogP contribution in [0.2, 0.25) is 0 Å². The predicted molar refractivity (Wildman–Crippen MR) is 129 cm³/mol. The maximum Gasteiger partial charge on any atom is 0.247 e. The van der Waals surface area contributed by atoms with Gasteiger partial charge in [0.1, 0.15) is 6.04 Å². The van der Waals surface area contributed by atoms with E-state index in [1.807, 2.05) is 50.2 Å². The highest BCUT2D eigenvalue weighted by Crippen LogP contribution is 2.19. The first kappa shape index (κ1) is 24.9. The summed E-state index contributed by atoms with van der Waals surface area (Å²) in [6.07, 6.45) is 1.43. The van der Waals surface area contributed by atoms with Crippen molar-refractivity contribution in [2.45, 2.75) is 65.1 Å². The fraction of sp³-hybridized carbons (Fsp3) is 0.440. The van der Waals surface area contributed by atoms with E-state index in [2.05, 4.69) is 41.9 Å². The molecule has 0 saturated carbocycles. The minimum atomic E-state index is -0.578. The SMILES string of the molecule is CCC(C)C(NC(=O)C1Cc2ccccc2CN1)C(=O)Nc1ccc(C(C)C)cc1.Cl. The molecule has 1 aliphatic rings. The molecule has 3 unspecified atom stereocenters. The van der Waals surface area contributed by atoms with Crippen molar-refractivity contribution < 1.29 is 9.59 Å². The number of halogens is 1. The quantitative estimate of drug-likeness (QED) is 0.593. The minimum Gasteiger partial charge on any atom is -0.343 e. The summed E-state index contributed by atoms with van der Waals surface area (Å²) in [6, 6.07) is 15.1. The second-order valence-corrected chi connectivity index (χ2v) is 8.54. The van der Waals surface area contributed by atoms with Crippen LogP contribution in [0.15, 0.2) is 48.5 Å². The minimum absolute atomic E-state index is 0. The summed E-state index contributed by atoms with van der Waals surface area (Å²) in [4.78, 5) is 26.0. The Hall–Kier alpha value is -2.37. The molecule has 2 amide bonds. The molecule has 5 nitrogen and oxygen atoms in total. The predicted octanol–water partition coefficient (Wildman–Crippen LogP) is 4.42. The van der Waals surface area contributed by atoms with Crippen LogP contribution >= 0.6 is 12.4 Å². The standard InChI is InChI=1S/C25H33N3O2.ClH/c1-5-17(4)23(25(30)27-21-12-10-18(11-13-21)16(2)3)28-24(29)22-14-19-8-6-7-9-20(19)15-26-22;/h6-13,16-17,22-23,26H,5,14-15H2,1-4H3,(H,27,30)(H,28,29);1H. The van der Waals surface area contributed by atoms with Gasteiger partial charge in [-0.2, -0.15) is 0 Å². The second kappa shape index (κ2) is 11.3. The largest absolute Gasteiger partial charge is 0.343 e. The van der Waals surface area contributed by atoms with Crippen molar-refractivity contribution in [1.82, 2.24) is 10.6 Å². The van der Waals surface area contributed by atoms with Gasteiger partial charge < -0.3 is 16.0 Å². The lowest BCUT2D eigenvalue weighted by molar-refractivity contribution is -0.129. The Labute approximate surface area is 191 Å². The van der Waals surface area contributed by atoms with Gasteiger partial charge in [0.15, 0.2) is 0 Å². The van der Waals surface area contributed by atoms with Gasteiger partial charge in [-0.15, -0.1) is 12.4 Å². The fourth-order valence-corrected chi connectivity index (χ4v) is 3.77. The Bertz CT molecular complexity index is 883. The highest BCUT2D eigenvalue weighted by Gasteiger charge is 2.30. The lowest BCUT2D eigenvalue weighted by atomic mass is 9.94. The zero-order chi connectivity index (χ0) is 21.7. The van der Waals surface area contributed by atoms with Crippen molar-refractivity contribution in [1.29, 1.82) is 0 Å². The average Bonchev–Trinajstić information content (AvgIpc) is 2.76. The number of rotatable bonds is 7. The zero-order valence-electron chi connectivity index (χ0n) is 18.8. The molecule has 1 aliphatic heterocycles. The van der Waals surface area contributed by atoms with E-state index in [4.69, 9.17) is 0 Å². The van der Waals surface area contributed by atoms with Crippen LogP contribution in [0.1, 0.15) is 56.7 Å². The van der Waals surface area contributed by atoms with E-state index in [0.717, 1.165) is 12.1 Å². The van der Waals surface area contributed by atoms with E-state index >= 15 is 0 Å². The number of anilines is 1. The van der Waals surface area contributed by atoms with Crippen LogP contribution in [0, 0.1) is 5.92 Å². The summed E-state index contributed by atoms with van der Waals surface area (Å²) in [5, 5.41) is 9.28. The van der Waals surface area contributed by atoms with Crippen LogP contribution in [0.4, 0.5) is 5.69 Å². The number of hydrogen-bond donors (Lipinski definition) is 3. The lowest BCUT2D eigenvalue weighted by Crippen LogP contribution is -2.55. The molecule has 2 aromatic carbocycles. The first-order valence-electron chi connectivity index (χ1n) is 10.9. The lowest BCUT2D eigenvalue weighted by Gasteiger charge is -2.29. The molecule has 2 aromatic rings. The Morgan fingerprint density at radius 2 is 1.68 bits per heavy atom. The van der Waals surface area contributed by atoms with Crippen molar-refractivity contribution >= 4 is 29.9 Å². The highest BCUT2D eigenvalue weighted by atomic mass is 35.5. The van der Waals surface area contributed by atoms with Crippen LogP contribution in [0.5, 0.6) is 0 Å². The summed E-state index contributed by atoms with van der Waals surface area (Å²) in [7, 11) is 0. The Kier molecular flexibility index (Phi) is 9.08. The molecular weight excluding hydrogens is 410 g/mol. The van der Waals surface area contributed by atoms with Gasteiger partial charge in [-0.05, 0) is 47.1 Å². The van der Waals surface area contributed by atoms with E-state index in [0.29, 0.717) is 18.9 Å². The van der Waals surface area contributed by atoms with Gasteiger partial charge in [-0.3, -0.25) is 9.59 Å². The van der Waals surface area contributed by atoms with Crippen molar-refractivity contribution in [3.63, 3.8) is 0 Å². The second-order valence-electron chi connectivity index (χ2n) is 8.54. The molecule has 1 heterocycles. The number of nitrogens with one attached hydrogen (secondary N) is 3. The molecule has 0 aliphatic carbocycles. The van der Waals surface area contributed by atoms with Gasteiger partial charge in [0, 0.05) is 12.2 Å². The number of fused-ring (bicyclic) bond motifs is 1. The number of carbonyl (C=O) groups is 2. The summed E-state index contributed by atoms with van der Waals surface area (Å²) in [5.41, 5.74) is 4.38. The number of carbonyl (C=O) groups excluding carboxylic acids is 2. The Morgan fingerprint density at radius 3 is 2.29 bits per heavy atom. The molecule has 31 heavy (non-hydrogen) atoms. The first-order chi connectivity index (χ1) is 14.4. The van der Waals surface area contributed by atoms with Gasteiger partial charge in [0.2, 0.25) is 11.8 Å². The third kappa shape index (κ3) is 6.31. The van der Waals surface area contributed by atoms with Gasteiger partial charge in [-0.25, -0.2) is 0 Å². The monoisotopic (exact) mass is 443 g/mol. The van der Waals surface area contributed by atoms with Crippen LogP contribution < -0.4 is 16.0 Å². The van der Waals surface area contributed by atoms with Gasteiger partial charge >= 0.3 is 0 Å². The number of amides is 2. The first-order valence-corrected chi connectivity index (χ1v) is 10.9. The van der Waals surface area contributed by atoms with E-state index in [1.165, 1.54) is 16.7 Å². The maximum atomic E-state index is 13.0. The summed E-state index contributed by atoms with van der Waals surface area (Å²) in [5.74, 6) is 0.168. The topological polar surface area (TPSA) is 70.2 Å². The molecule has 0 bridgehead atoms. The van der Waals surface area contributed by atoms with Crippen molar-refractivity contribution in [3.05, 3.63) is 65.2 Å². The van der Waals surface area contributed by atoms with Gasteiger partial charge in [0.05, 0.1) is 6.04 Å². The van der Waals surface area contributed by atoms with Gasteiger partial charge in [-0.1, -0.05) is 70.5 Å². The molecule has 3 N–H and O–H groups in total. The van der Waals surface area contributed by atoms with E-state index in [1.54, 1.807) is 0 Å². The van der Waals surface area contributed by atoms with Crippen LogP contribution in [-0.2, 0) is 22.6 Å². The third-order valence-corrected chi connectivity index (χ3v) is 6.04. The van der Waals surface area contributed by atoms with Crippen LogP contribution in [-0.4, -0.2) is 23.9 Å².